The van der Waals surface area contributed by atoms with Gasteiger partial charge in [0.15, 0.2) is 0 Å². The summed E-state index contributed by atoms with van der Waals surface area (Å²) in [6.45, 7) is 2.55. The van der Waals surface area contributed by atoms with Crippen LogP contribution in [0.4, 0.5) is 0 Å². The molecular formula is C9H17NO. The maximum absolute atomic E-state index is 8.62. The molecule has 0 radical (unpaired) electrons. The normalized spacial score (nSPS) is 19.2. The Morgan fingerprint density at radius 1 is 1.45 bits per heavy atom. The van der Waals surface area contributed by atoms with Crippen LogP contribution in [0.25, 0.3) is 0 Å². The van der Waals surface area contributed by atoms with Crippen LogP contribution in [0, 0.1) is 0 Å². The van der Waals surface area contributed by atoms with Crippen LogP contribution in [0.3, 0.4) is 0 Å². The molecule has 0 spiro atoms. The van der Waals surface area contributed by atoms with Gasteiger partial charge in [-0.1, -0.05) is 11.6 Å². The van der Waals surface area contributed by atoms with Crippen molar-refractivity contribution in [2.75, 3.05) is 19.7 Å². The maximum atomic E-state index is 8.62. The van der Waals surface area contributed by atoms with Gasteiger partial charge in [-0.05, 0) is 38.8 Å². The molecule has 1 rings (SSSR count). The quantitative estimate of drug-likeness (QED) is 0.597. The number of hydrogen-bond acceptors (Lipinski definition) is 2. The summed E-state index contributed by atoms with van der Waals surface area (Å²) in [6, 6.07) is 0. The number of aliphatic hydroxyl groups excluding tert-OH is 1. The molecule has 2 heteroatoms. The molecule has 64 valence electrons. The molecule has 0 unspecified atom stereocenters. The van der Waals surface area contributed by atoms with E-state index in [1.54, 1.807) is 0 Å². The third kappa shape index (κ3) is 3.54. The van der Waals surface area contributed by atoms with Gasteiger partial charge in [-0.25, -0.2) is 0 Å². The first kappa shape index (κ1) is 8.75. The smallest absolute Gasteiger partial charge is 0.0434 e. The Hall–Kier alpha value is -0.340. The first-order chi connectivity index (χ1) is 5.43. The minimum atomic E-state index is 0.324. The van der Waals surface area contributed by atoms with Gasteiger partial charge in [0, 0.05) is 6.61 Å². The molecule has 0 aromatic carbocycles. The lowest BCUT2D eigenvalue weighted by Crippen LogP contribution is -2.13. The van der Waals surface area contributed by atoms with Crippen LogP contribution in [0.1, 0.15) is 25.7 Å². The Balaban J connectivity index is 2.23. The van der Waals surface area contributed by atoms with Crippen LogP contribution in [-0.4, -0.2) is 24.8 Å². The van der Waals surface area contributed by atoms with Crippen molar-refractivity contribution in [3.8, 4) is 0 Å². The molecule has 1 heterocycles. The van der Waals surface area contributed by atoms with E-state index in [9.17, 15) is 0 Å². The number of aliphatic hydroxyl groups is 1. The van der Waals surface area contributed by atoms with E-state index >= 15 is 0 Å². The van der Waals surface area contributed by atoms with Gasteiger partial charge < -0.3 is 10.4 Å². The zero-order valence-electron chi connectivity index (χ0n) is 6.97. The topological polar surface area (TPSA) is 32.3 Å². The summed E-state index contributed by atoms with van der Waals surface area (Å²) < 4.78 is 0. The summed E-state index contributed by atoms with van der Waals surface area (Å²) in [4.78, 5) is 0. The Labute approximate surface area is 68.3 Å². The molecule has 2 N–H and O–H groups in total. The van der Waals surface area contributed by atoms with E-state index < -0.39 is 0 Å². The highest BCUT2D eigenvalue weighted by Gasteiger charge is 2.00. The third-order valence-corrected chi connectivity index (χ3v) is 2.03. The van der Waals surface area contributed by atoms with Gasteiger partial charge >= 0.3 is 0 Å². The highest BCUT2D eigenvalue weighted by atomic mass is 16.2. The van der Waals surface area contributed by atoms with Gasteiger partial charge in [0.2, 0.25) is 0 Å². The molecule has 0 fully saturated rings. The van der Waals surface area contributed by atoms with Crippen molar-refractivity contribution in [3.05, 3.63) is 11.6 Å². The van der Waals surface area contributed by atoms with E-state index in [2.05, 4.69) is 11.4 Å². The Morgan fingerprint density at radius 2 is 2.36 bits per heavy atom. The Kier molecular flexibility index (Phi) is 4.24. The summed E-state index contributed by atoms with van der Waals surface area (Å²) in [5, 5.41) is 12.0. The molecule has 0 amide bonds. The number of nitrogens with one attached hydrogen (secondary N) is 1. The monoisotopic (exact) mass is 155 g/mol. The SMILES string of the molecule is OCCCC1=CCCNCC1. The molecule has 11 heavy (non-hydrogen) atoms. The Bertz CT molecular complexity index is 132. The van der Waals surface area contributed by atoms with E-state index in [0.717, 1.165) is 32.4 Å². The second kappa shape index (κ2) is 5.33. The minimum absolute atomic E-state index is 0.324. The molecule has 0 bridgehead atoms. The molecule has 0 saturated heterocycles. The lowest BCUT2D eigenvalue weighted by atomic mass is 10.1. The number of rotatable bonds is 3. The zero-order chi connectivity index (χ0) is 7.94. The van der Waals surface area contributed by atoms with E-state index in [0.29, 0.717) is 6.61 Å². The fourth-order valence-corrected chi connectivity index (χ4v) is 1.39. The fraction of sp³-hybridized carbons (Fsp3) is 0.778. The van der Waals surface area contributed by atoms with Crippen molar-refractivity contribution in [2.24, 2.45) is 0 Å². The molecule has 0 atom stereocenters. The summed E-state index contributed by atoms with van der Waals surface area (Å²) in [6.07, 6.45) is 6.64. The van der Waals surface area contributed by atoms with Gasteiger partial charge in [0.05, 0.1) is 0 Å². The van der Waals surface area contributed by atoms with Gasteiger partial charge in [0.1, 0.15) is 0 Å². The standard InChI is InChI=1S/C9H17NO/c11-8-2-4-9-3-1-6-10-7-5-9/h3,10-11H,1-2,4-8H2. The van der Waals surface area contributed by atoms with Gasteiger partial charge in [0.25, 0.3) is 0 Å². The van der Waals surface area contributed by atoms with Gasteiger partial charge in [-0.3, -0.25) is 0 Å². The van der Waals surface area contributed by atoms with E-state index in [1.165, 1.54) is 12.0 Å². The average Bonchev–Trinajstić information content (AvgIpc) is 2.28. The highest BCUT2D eigenvalue weighted by Crippen LogP contribution is 2.11. The Morgan fingerprint density at radius 3 is 3.18 bits per heavy atom. The van der Waals surface area contributed by atoms with Crippen molar-refractivity contribution in [1.29, 1.82) is 0 Å². The highest BCUT2D eigenvalue weighted by molar-refractivity contribution is 5.04. The molecule has 0 aliphatic carbocycles. The zero-order valence-corrected chi connectivity index (χ0v) is 6.97. The molecule has 0 aromatic rings. The van der Waals surface area contributed by atoms with Gasteiger partial charge in [-0.15, -0.1) is 0 Å². The summed E-state index contributed by atoms with van der Waals surface area (Å²) in [5.74, 6) is 0. The maximum Gasteiger partial charge on any atom is 0.0434 e. The number of hydrogen-bond donors (Lipinski definition) is 2. The molecule has 2 nitrogen and oxygen atoms in total. The van der Waals surface area contributed by atoms with Crippen LogP contribution in [0.2, 0.25) is 0 Å². The van der Waals surface area contributed by atoms with E-state index in [-0.39, 0.29) is 0 Å². The largest absolute Gasteiger partial charge is 0.396 e. The van der Waals surface area contributed by atoms with Crippen LogP contribution in [0.15, 0.2) is 11.6 Å². The van der Waals surface area contributed by atoms with E-state index in [1.807, 2.05) is 0 Å². The predicted octanol–water partition coefficient (Wildman–Crippen LogP) is 1.07. The van der Waals surface area contributed by atoms with Crippen molar-refractivity contribution in [3.63, 3.8) is 0 Å². The van der Waals surface area contributed by atoms with E-state index in [4.69, 9.17) is 5.11 Å². The molecule has 1 aliphatic heterocycles. The first-order valence-electron chi connectivity index (χ1n) is 4.43. The van der Waals surface area contributed by atoms with Crippen LogP contribution in [-0.2, 0) is 0 Å². The van der Waals surface area contributed by atoms with Gasteiger partial charge in [-0.2, -0.15) is 0 Å². The first-order valence-corrected chi connectivity index (χ1v) is 4.43. The second-order valence-corrected chi connectivity index (χ2v) is 2.98. The van der Waals surface area contributed by atoms with Crippen molar-refractivity contribution < 1.29 is 5.11 Å². The van der Waals surface area contributed by atoms with Crippen LogP contribution >= 0.6 is 0 Å². The summed E-state index contributed by atoms with van der Waals surface area (Å²) >= 11 is 0. The average molecular weight is 155 g/mol. The summed E-state index contributed by atoms with van der Waals surface area (Å²) in [7, 11) is 0. The summed E-state index contributed by atoms with van der Waals surface area (Å²) in [5.41, 5.74) is 1.52. The van der Waals surface area contributed by atoms with Crippen molar-refractivity contribution >= 4 is 0 Å². The molecule has 0 saturated carbocycles. The molecule has 1 aliphatic rings. The van der Waals surface area contributed by atoms with Crippen molar-refractivity contribution in [2.45, 2.75) is 25.7 Å². The lowest BCUT2D eigenvalue weighted by Gasteiger charge is -2.02. The molecule has 0 aromatic heterocycles. The molecular weight excluding hydrogens is 138 g/mol. The third-order valence-electron chi connectivity index (χ3n) is 2.03. The second-order valence-electron chi connectivity index (χ2n) is 2.98. The minimum Gasteiger partial charge on any atom is -0.396 e. The van der Waals surface area contributed by atoms with Crippen molar-refractivity contribution in [1.82, 2.24) is 5.32 Å². The predicted molar refractivity (Wildman–Crippen MR) is 46.5 cm³/mol. The fourth-order valence-electron chi connectivity index (χ4n) is 1.39. The lowest BCUT2D eigenvalue weighted by molar-refractivity contribution is 0.288. The van der Waals surface area contributed by atoms with Crippen LogP contribution in [0.5, 0.6) is 0 Å². The van der Waals surface area contributed by atoms with Crippen LogP contribution < -0.4 is 5.32 Å².